The fourth-order valence-electron chi connectivity index (χ4n) is 4.64. The van der Waals surface area contributed by atoms with E-state index in [9.17, 15) is 4.79 Å². The van der Waals surface area contributed by atoms with Gasteiger partial charge in [-0.3, -0.25) is 9.89 Å². The second-order valence-electron chi connectivity index (χ2n) is 8.67. The molecule has 0 bridgehead atoms. The largest absolute Gasteiger partial charge is 0.342 e. The number of nitrogens with one attached hydrogen (secondary N) is 2. The molecule has 1 aromatic heterocycles. The van der Waals surface area contributed by atoms with Crippen LogP contribution in [0.25, 0.3) is 11.3 Å². The zero-order valence-electron chi connectivity index (χ0n) is 16.4. The molecular weight excluding hydrogens is 426 g/mol. The lowest BCUT2D eigenvalue weighted by atomic mass is 9.69. The summed E-state index contributed by atoms with van der Waals surface area (Å²) in [6.45, 7) is 4.31. The number of aromatic nitrogens is 2. The van der Waals surface area contributed by atoms with Crippen molar-refractivity contribution in [3.05, 3.63) is 81.5 Å². The Morgan fingerprint density at radius 1 is 1.07 bits per heavy atom. The van der Waals surface area contributed by atoms with Crippen LogP contribution in [0.1, 0.15) is 43.7 Å². The zero-order chi connectivity index (χ0) is 20.2. The predicted octanol–water partition coefficient (Wildman–Crippen LogP) is 6.04. The molecule has 2 N–H and O–H groups in total. The Labute approximate surface area is 178 Å². The lowest BCUT2D eigenvalue weighted by Crippen LogP contribution is -2.33. The number of allylic oxidation sites excluding steroid dienone is 2. The molecule has 1 aliphatic carbocycles. The van der Waals surface area contributed by atoms with Crippen LogP contribution in [0.2, 0.25) is 0 Å². The summed E-state index contributed by atoms with van der Waals surface area (Å²) in [5.41, 5.74) is 6.00. The summed E-state index contributed by atoms with van der Waals surface area (Å²) >= 11 is 3.60. The smallest absolute Gasteiger partial charge is 0.162 e. The molecule has 0 amide bonds. The van der Waals surface area contributed by atoms with E-state index in [0.29, 0.717) is 6.42 Å². The van der Waals surface area contributed by atoms with Gasteiger partial charge in [-0.2, -0.15) is 5.10 Å². The Balaban J connectivity index is 1.76. The summed E-state index contributed by atoms with van der Waals surface area (Å²) < 4.78 is 1.01. The number of Topliss-reactive ketones (excluding diaryl/α,β-unsaturated/α-hetero) is 1. The van der Waals surface area contributed by atoms with E-state index in [1.54, 1.807) is 0 Å². The molecule has 0 unspecified atom stereocenters. The van der Waals surface area contributed by atoms with Gasteiger partial charge in [-0.1, -0.05) is 72.2 Å². The van der Waals surface area contributed by atoms with Crippen LogP contribution in [-0.4, -0.2) is 16.0 Å². The Hall–Kier alpha value is -2.66. The minimum Gasteiger partial charge on any atom is -0.342 e. The molecule has 0 saturated heterocycles. The van der Waals surface area contributed by atoms with Crippen LogP contribution in [-0.2, 0) is 4.79 Å². The number of halogens is 1. The van der Waals surface area contributed by atoms with Gasteiger partial charge in [0.05, 0.1) is 5.69 Å². The highest BCUT2D eigenvalue weighted by atomic mass is 79.9. The molecule has 0 saturated carbocycles. The molecule has 1 aliphatic heterocycles. The van der Waals surface area contributed by atoms with Gasteiger partial charge in [-0.05, 0) is 35.1 Å². The van der Waals surface area contributed by atoms with E-state index < -0.39 is 0 Å². The average Bonchev–Trinajstić information content (AvgIpc) is 3.09. The van der Waals surface area contributed by atoms with Gasteiger partial charge >= 0.3 is 0 Å². The SMILES string of the molecule is CC1(C)CC(=O)C2=C(C1)Nc1n[nH]c(-c3ccccc3)c1[C@@H]2c1cccc(Br)c1. The van der Waals surface area contributed by atoms with Crippen LogP contribution in [0.5, 0.6) is 0 Å². The normalized spacial score (nSPS) is 20.1. The number of hydrogen-bond donors (Lipinski definition) is 2. The average molecular weight is 448 g/mol. The minimum atomic E-state index is -0.142. The lowest BCUT2D eigenvalue weighted by Gasteiger charge is -2.38. The first-order valence-corrected chi connectivity index (χ1v) is 10.6. The standard InChI is InChI=1S/C24H22BrN3O/c1-24(2)12-17-20(18(29)13-24)19(15-9-6-10-16(25)11-15)21-22(27-28-23(21)26-17)14-7-4-3-5-8-14/h3-11,19H,12-13H2,1-2H3,(H2,26,27,28)/t19-/m1/s1. The van der Waals surface area contributed by atoms with Crippen molar-refractivity contribution < 1.29 is 4.79 Å². The molecule has 4 nitrogen and oxygen atoms in total. The number of H-pyrrole nitrogens is 1. The molecule has 2 aliphatic rings. The minimum absolute atomic E-state index is 0.0548. The number of benzene rings is 2. The first kappa shape index (κ1) is 18.4. The van der Waals surface area contributed by atoms with Gasteiger partial charge in [0, 0.05) is 33.6 Å². The summed E-state index contributed by atoms with van der Waals surface area (Å²) in [6, 6.07) is 18.4. The Kier molecular flexibility index (Phi) is 4.24. The van der Waals surface area contributed by atoms with Crippen LogP contribution >= 0.6 is 15.9 Å². The molecule has 0 radical (unpaired) electrons. The van der Waals surface area contributed by atoms with Crippen LogP contribution < -0.4 is 5.32 Å². The molecule has 29 heavy (non-hydrogen) atoms. The number of rotatable bonds is 2. The fourth-order valence-corrected chi connectivity index (χ4v) is 5.06. The lowest BCUT2D eigenvalue weighted by molar-refractivity contribution is -0.118. The van der Waals surface area contributed by atoms with E-state index in [1.165, 1.54) is 0 Å². The number of nitrogens with zero attached hydrogens (tertiary/aromatic N) is 1. The number of hydrogen-bond acceptors (Lipinski definition) is 3. The molecule has 5 heteroatoms. The van der Waals surface area contributed by atoms with E-state index in [1.807, 2.05) is 30.3 Å². The first-order valence-electron chi connectivity index (χ1n) is 9.85. The van der Waals surface area contributed by atoms with Crippen molar-refractivity contribution in [2.75, 3.05) is 5.32 Å². The summed E-state index contributed by atoms with van der Waals surface area (Å²) in [7, 11) is 0. The number of fused-ring (bicyclic) bond motifs is 1. The number of carbonyl (C=O) groups is 1. The number of anilines is 1. The van der Waals surface area contributed by atoms with Crippen molar-refractivity contribution in [1.82, 2.24) is 10.2 Å². The Bertz CT molecular complexity index is 1140. The molecule has 146 valence electrons. The molecule has 0 spiro atoms. The summed E-state index contributed by atoms with van der Waals surface area (Å²) in [6.07, 6.45) is 1.40. The van der Waals surface area contributed by atoms with Crippen molar-refractivity contribution >= 4 is 27.5 Å². The van der Waals surface area contributed by atoms with E-state index in [0.717, 1.165) is 50.4 Å². The van der Waals surface area contributed by atoms with Gasteiger partial charge in [0.25, 0.3) is 0 Å². The van der Waals surface area contributed by atoms with Crippen molar-refractivity contribution in [2.45, 2.75) is 32.6 Å². The Morgan fingerprint density at radius 3 is 2.62 bits per heavy atom. The Morgan fingerprint density at radius 2 is 1.86 bits per heavy atom. The fraction of sp³-hybridized carbons (Fsp3) is 0.250. The zero-order valence-corrected chi connectivity index (χ0v) is 18.0. The van der Waals surface area contributed by atoms with Crippen molar-refractivity contribution in [2.24, 2.45) is 5.41 Å². The van der Waals surface area contributed by atoms with Crippen LogP contribution in [0.3, 0.4) is 0 Å². The van der Waals surface area contributed by atoms with Gasteiger partial charge in [0.1, 0.15) is 0 Å². The van der Waals surface area contributed by atoms with E-state index >= 15 is 0 Å². The summed E-state index contributed by atoms with van der Waals surface area (Å²) in [4.78, 5) is 13.4. The van der Waals surface area contributed by atoms with Crippen molar-refractivity contribution in [3.63, 3.8) is 0 Å². The molecule has 2 aromatic carbocycles. The number of aromatic amines is 1. The van der Waals surface area contributed by atoms with Crippen LogP contribution in [0, 0.1) is 5.41 Å². The summed E-state index contributed by atoms with van der Waals surface area (Å²) in [5, 5.41) is 11.3. The van der Waals surface area contributed by atoms with Crippen LogP contribution in [0.4, 0.5) is 5.82 Å². The monoisotopic (exact) mass is 447 g/mol. The van der Waals surface area contributed by atoms with Crippen LogP contribution in [0.15, 0.2) is 70.3 Å². The van der Waals surface area contributed by atoms with Gasteiger partial charge in [0.2, 0.25) is 0 Å². The number of ketones is 1. The van der Waals surface area contributed by atoms with E-state index in [4.69, 9.17) is 0 Å². The quantitative estimate of drug-likeness (QED) is 0.503. The third-order valence-electron chi connectivity index (χ3n) is 5.82. The predicted molar refractivity (Wildman–Crippen MR) is 119 cm³/mol. The maximum Gasteiger partial charge on any atom is 0.162 e. The second-order valence-corrected chi connectivity index (χ2v) is 9.59. The highest BCUT2D eigenvalue weighted by Gasteiger charge is 2.42. The molecular formula is C24H22BrN3O. The number of carbonyl (C=O) groups excluding carboxylic acids is 1. The van der Waals surface area contributed by atoms with Crippen molar-refractivity contribution in [1.29, 1.82) is 0 Å². The molecule has 3 aromatic rings. The molecule has 2 heterocycles. The molecule has 5 rings (SSSR count). The molecule has 1 atom stereocenters. The maximum absolute atomic E-state index is 13.4. The third kappa shape index (κ3) is 3.14. The van der Waals surface area contributed by atoms with Gasteiger partial charge in [-0.25, -0.2) is 0 Å². The first-order chi connectivity index (χ1) is 13.9. The van der Waals surface area contributed by atoms with Gasteiger partial charge in [0.15, 0.2) is 11.6 Å². The summed E-state index contributed by atoms with van der Waals surface area (Å²) in [5.74, 6) is 0.897. The van der Waals surface area contributed by atoms with Gasteiger partial charge < -0.3 is 5.32 Å². The van der Waals surface area contributed by atoms with Gasteiger partial charge in [-0.15, -0.1) is 0 Å². The van der Waals surface area contributed by atoms with E-state index in [2.05, 4.69) is 69.6 Å². The third-order valence-corrected chi connectivity index (χ3v) is 6.31. The van der Waals surface area contributed by atoms with Crippen molar-refractivity contribution in [3.8, 4) is 11.3 Å². The van der Waals surface area contributed by atoms with E-state index in [-0.39, 0.29) is 17.1 Å². The maximum atomic E-state index is 13.4. The second kappa shape index (κ2) is 6.70. The highest BCUT2D eigenvalue weighted by molar-refractivity contribution is 9.10. The highest BCUT2D eigenvalue weighted by Crippen LogP contribution is 2.51. The molecule has 0 fully saturated rings. The topological polar surface area (TPSA) is 57.8 Å².